The Bertz CT molecular complexity index is 750. The van der Waals surface area contributed by atoms with E-state index in [1.54, 1.807) is 6.20 Å². The van der Waals surface area contributed by atoms with E-state index in [1.807, 2.05) is 40.8 Å². The fourth-order valence-corrected chi connectivity index (χ4v) is 3.97. The lowest BCUT2D eigenvalue weighted by Gasteiger charge is -2.27. The van der Waals surface area contributed by atoms with E-state index in [4.69, 9.17) is 4.98 Å². The molecule has 0 unspecified atom stereocenters. The fourth-order valence-electron chi connectivity index (χ4n) is 3.97. The van der Waals surface area contributed by atoms with E-state index in [2.05, 4.69) is 9.88 Å². The molecule has 0 bridgehead atoms. The van der Waals surface area contributed by atoms with E-state index >= 15 is 0 Å². The third-order valence-electron chi connectivity index (χ3n) is 5.30. The second-order valence-electron chi connectivity index (χ2n) is 6.99. The lowest BCUT2D eigenvalue weighted by Crippen LogP contribution is -2.39. The molecule has 6 heteroatoms. The van der Waals surface area contributed by atoms with E-state index in [1.165, 1.54) is 12.8 Å². The molecule has 0 radical (unpaired) electrons. The molecule has 25 heavy (non-hydrogen) atoms. The minimum absolute atomic E-state index is 0.0962. The minimum Gasteiger partial charge on any atom is -0.333 e. The predicted octanol–water partition coefficient (Wildman–Crippen LogP) is 2.34. The molecule has 2 aromatic rings. The van der Waals surface area contributed by atoms with Gasteiger partial charge in [-0.25, -0.2) is 9.97 Å². The molecule has 2 saturated heterocycles. The first-order chi connectivity index (χ1) is 12.2. The molecule has 132 valence electrons. The first kappa shape index (κ1) is 16.3. The Labute approximate surface area is 148 Å². The molecule has 4 rings (SSSR count). The monoisotopic (exact) mass is 339 g/mol. The number of imidazole rings is 1. The van der Waals surface area contributed by atoms with Gasteiger partial charge >= 0.3 is 0 Å². The zero-order chi connectivity index (χ0) is 17.2. The highest BCUT2D eigenvalue weighted by atomic mass is 16.2. The second kappa shape index (κ2) is 6.96. The summed E-state index contributed by atoms with van der Waals surface area (Å²) in [6.45, 7) is 5.47. The Morgan fingerprint density at radius 2 is 2.04 bits per heavy atom. The van der Waals surface area contributed by atoms with Gasteiger partial charge in [-0.05, 0) is 57.8 Å². The van der Waals surface area contributed by atoms with Gasteiger partial charge in [0.2, 0.25) is 5.91 Å². The summed E-state index contributed by atoms with van der Waals surface area (Å²) in [6.07, 6.45) is 8.17. The van der Waals surface area contributed by atoms with Crippen LogP contribution in [-0.4, -0.2) is 56.4 Å². The molecule has 2 aliphatic heterocycles. The van der Waals surface area contributed by atoms with Crippen molar-refractivity contribution in [1.82, 2.24) is 24.3 Å². The highest BCUT2D eigenvalue weighted by Crippen LogP contribution is 2.31. The molecule has 1 atom stereocenters. The second-order valence-corrected chi connectivity index (χ2v) is 6.99. The van der Waals surface area contributed by atoms with Gasteiger partial charge in [-0.1, -0.05) is 6.07 Å². The number of aryl methyl sites for hydroxylation is 1. The van der Waals surface area contributed by atoms with Crippen molar-refractivity contribution in [3.05, 3.63) is 42.1 Å². The predicted molar refractivity (Wildman–Crippen MR) is 95.5 cm³/mol. The van der Waals surface area contributed by atoms with Crippen molar-refractivity contribution < 1.29 is 4.79 Å². The molecule has 0 aromatic carbocycles. The van der Waals surface area contributed by atoms with Gasteiger partial charge in [-0.15, -0.1) is 0 Å². The van der Waals surface area contributed by atoms with Crippen LogP contribution >= 0.6 is 0 Å². The topological polar surface area (TPSA) is 54.3 Å². The van der Waals surface area contributed by atoms with Gasteiger partial charge in [0.15, 0.2) is 0 Å². The minimum atomic E-state index is 0.0962. The summed E-state index contributed by atoms with van der Waals surface area (Å²) >= 11 is 0. The number of nitrogens with zero attached hydrogens (tertiary/aromatic N) is 5. The van der Waals surface area contributed by atoms with Crippen LogP contribution in [-0.2, 0) is 4.79 Å². The van der Waals surface area contributed by atoms with Crippen LogP contribution in [0.15, 0.2) is 30.6 Å². The zero-order valence-electron chi connectivity index (χ0n) is 14.8. The zero-order valence-corrected chi connectivity index (χ0v) is 14.8. The largest absolute Gasteiger partial charge is 0.333 e. The van der Waals surface area contributed by atoms with Crippen molar-refractivity contribution in [1.29, 1.82) is 0 Å². The van der Waals surface area contributed by atoms with E-state index in [0.717, 1.165) is 49.8 Å². The summed E-state index contributed by atoms with van der Waals surface area (Å²) in [7, 11) is 0. The lowest BCUT2D eigenvalue weighted by atomic mass is 10.1. The van der Waals surface area contributed by atoms with Crippen molar-refractivity contribution in [2.24, 2.45) is 0 Å². The number of carbonyl (C=O) groups is 1. The average molecular weight is 339 g/mol. The number of carbonyl (C=O) groups excluding carboxylic acids is 1. The molecule has 2 aliphatic rings. The van der Waals surface area contributed by atoms with Gasteiger partial charge < -0.3 is 4.90 Å². The summed E-state index contributed by atoms with van der Waals surface area (Å²) < 4.78 is 1.98. The maximum Gasteiger partial charge on any atom is 0.237 e. The van der Waals surface area contributed by atoms with E-state index < -0.39 is 0 Å². The number of amides is 1. The van der Waals surface area contributed by atoms with Crippen LogP contribution in [0.3, 0.4) is 0 Å². The number of likely N-dealkylation sites (tertiary alicyclic amines) is 2. The molecule has 0 spiro atoms. The molecule has 6 nitrogen and oxygen atoms in total. The number of hydrogen-bond acceptors (Lipinski definition) is 4. The quantitative estimate of drug-likeness (QED) is 0.858. The van der Waals surface area contributed by atoms with E-state index in [9.17, 15) is 4.79 Å². The van der Waals surface area contributed by atoms with Crippen LogP contribution in [0.4, 0.5) is 0 Å². The number of aromatic nitrogens is 3. The van der Waals surface area contributed by atoms with Gasteiger partial charge in [0, 0.05) is 18.9 Å². The van der Waals surface area contributed by atoms with Crippen LogP contribution in [0.2, 0.25) is 0 Å². The third kappa shape index (κ3) is 3.31. The highest BCUT2D eigenvalue weighted by molar-refractivity contribution is 5.79. The van der Waals surface area contributed by atoms with Gasteiger partial charge in [-0.2, -0.15) is 0 Å². The van der Waals surface area contributed by atoms with E-state index in [0.29, 0.717) is 6.54 Å². The van der Waals surface area contributed by atoms with Crippen molar-refractivity contribution >= 4 is 5.91 Å². The first-order valence-corrected chi connectivity index (χ1v) is 9.21. The Morgan fingerprint density at radius 3 is 2.80 bits per heavy atom. The number of hydrogen-bond donors (Lipinski definition) is 0. The van der Waals surface area contributed by atoms with Crippen LogP contribution in [0, 0.1) is 6.92 Å². The molecule has 4 heterocycles. The summed E-state index contributed by atoms with van der Waals surface area (Å²) in [5, 5.41) is 0. The third-order valence-corrected chi connectivity index (χ3v) is 5.30. The smallest absolute Gasteiger partial charge is 0.237 e. The molecular weight excluding hydrogens is 314 g/mol. The standard InChI is InChI=1S/C19H25N5O/c1-15-20-9-13-23(15)18-8-4-6-16(21-18)17-7-5-12-24(17)19(25)14-22-10-2-3-11-22/h4,6,8-9,13,17H,2-3,5,7,10-12,14H2,1H3/t17-/m1/s1. The van der Waals surface area contributed by atoms with Crippen LogP contribution in [0.5, 0.6) is 0 Å². The lowest BCUT2D eigenvalue weighted by molar-refractivity contribution is -0.133. The molecule has 0 aliphatic carbocycles. The average Bonchev–Trinajstić information content (AvgIpc) is 3.36. The van der Waals surface area contributed by atoms with Crippen molar-refractivity contribution in [2.45, 2.75) is 38.6 Å². The number of rotatable bonds is 4. The van der Waals surface area contributed by atoms with Crippen LogP contribution in [0.25, 0.3) is 5.82 Å². The molecule has 0 saturated carbocycles. The Kier molecular flexibility index (Phi) is 4.53. The van der Waals surface area contributed by atoms with Crippen molar-refractivity contribution in [3.63, 3.8) is 0 Å². The summed E-state index contributed by atoms with van der Waals surface area (Å²) in [6, 6.07) is 6.16. The number of pyridine rings is 1. The SMILES string of the molecule is Cc1nccn1-c1cccc([C@H]2CCCN2C(=O)CN2CCCC2)n1. The Hall–Kier alpha value is -2.21. The summed E-state index contributed by atoms with van der Waals surface area (Å²) in [4.78, 5) is 26.2. The maximum absolute atomic E-state index is 12.8. The summed E-state index contributed by atoms with van der Waals surface area (Å²) in [5.41, 5.74) is 0.984. The van der Waals surface area contributed by atoms with Gasteiger partial charge in [0.1, 0.15) is 11.6 Å². The Balaban J connectivity index is 1.54. The van der Waals surface area contributed by atoms with Crippen LogP contribution in [0.1, 0.15) is 43.2 Å². The van der Waals surface area contributed by atoms with Gasteiger partial charge in [0.25, 0.3) is 0 Å². The van der Waals surface area contributed by atoms with Gasteiger partial charge in [-0.3, -0.25) is 14.3 Å². The maximum atomic E-state index is 12.8. The molecule has 2 aromatic heterocycles. The first-order valence-electron chi connectivity index (χ1n) is 9.21. The van der Waals surface area contributed by atoms with Gasteiger partial charge in [0.05, 0.1) is 18.3 Å². The molecular formula is C19H25N5O. The van der Waals surface area contributed by atoms with E-state index in [-0.39, 0.29) is 11.9 Å². The fraction of sp³-hybridized carbons (Fsp3) is 0.526. The van der Waals surface area contributed by atoms with Crippen molar-refractivity contribution in [3.8, 4) is 5.82 Å². The highest BCUT2D eigenvalue weighted by Gasteiger charge is 2.32. The Morgan fingerprint density at radius 1 is 1.20 bits per heavy atom. The summed E-state index contributed by atoms with van der Waals surface area (Å²) in [5.74, 6) is 2.03. The normalized spacial score (nSPS) is 21.2. The molecule has 2 fully saturated rings. The van der Waals surface area contributed by atoms with Crippen LogP contribution < -0.4 is 0 Å². The van der Waals surface area contributed by atoms with Crippen molar-refractivity contribution in [2.75, 3.05) is 26.2 Å². The molecule has 0 N–H and O–H groups in total. The molecule has 1 amide bonds.